The van der Waals surface area contributed by atoms with Crippen molar-refractivity contribution < 1.29 is 42.3 Å². The van der Waals surface area contributed by atoms with E-state index < -0.39 is 19.1 Å². The van der Waals surface area contributed by atoms with Crippen LogP contribution in [0.15, 0.2) is 0 Å². The summed E-state index contributed by atoms with van der Waals surface area (Å²) in [5.41, 5.74) is 0. The second-order valence-corrected chi connectivity index (χ2v) is 0.344. The standard InChI is InChI=1S/In.2O.S.Ti.Zn.3H. The molecule has 0 aromatic carbocycles. The molecule has 0 aromatic rings. The van der Waals surface area contributed by atoms with Gasteiger partial charge < -0.3 is 0 Å². The van der Waals surface area contributed by atoms with Crippen LogP contribution in [0.4, 0.5) is 0 Å². The molecular formula is H3InO2STiZn. The Hall–Kier alpha value is 2.03. The maximum atomic E-state index is 8.50. The molecule has 0 radical (unpaired) electrons. The quantitative estimate of drug-likeness (QED) is 0.550. The molecular weight excluding hydrogens is 292 g/mol. The Morgan fingerprint density at radius 2 is 1.33 bits per heavy atom. The molecule has 0 aliphatic carbocycles. The van der Waals surface area contributed by atoms with Gasteiger partial charge in [0.15, 0.2) is 0 Å². The second-order valence-electron chi connectivity index (χ2n) is 0.0833. The summed E-state index contributed by atoms with van der Waals surface area (Å²) < 4.78 is 17.0. The molecule has 0 bridgehead atoms. The molecule has 0 saturated heterocycles. The summed E-state index contributed by atoms with van der Waals surface area (Å²) in [6.07, 6.45) is 0. The van der Waals surface area contributed by atoms with Crippen molar-refractivity contribution in [1.29, 1.82) is 0 Å². The van der Waals surface area contributed by atoms with E-state index in [1.807, 2.05) is 0 Å². The minimum absolute atomic E-state index is 0. The van der Waals surface area contributed by atoms with Crippen LogP contribution in [0.2, 0.25) is 0 Å². The van der Waals surface area contributed by atoms with E-state index >= 15 is 0 Å². The van der Waals surface area contributed by atoms with Crippen molar-refractivity contribution in [2.45, 2.75) is 0 Å². The van der Waals surface area contributed by atoms with Crippen molar-refractivity contribution in [3.63, 3.8) is 0 Å². The van der Waals surface area contributed by atoms with Gasteiger partial charge in [-0.2, -0.15) is 0 Å². The van der Waals surface area contributed by atoms with Crippen molar-refractivity contribution in [2.24, 2.45) is 0 Å². The summed E-state index contributed by atoms with van der Waals surface area (Å²) in [4.78, 5) is 0. The SMILES string of the molecule is [InH3].[O]=[Ti]=[O].[S]=[Zn]. The molecule has 2 nitrogen and oxygen atoms in total. The Bertz CT molecular complexity index is 42.8. The maximum absolute atomic E-state index is 8.50. The normalized spacial score (nSPS) is 2.33. The summed E-state index contributed by atoms with van der Waals surface area (Å²) in [5, 5.41) is 0. The van der Waals surface area contributed by atoms with Crippen LogP contribution in [0.25, 0.3) is 0 Å². The van der Waals surface area contributed by atoms with E-state index in [9.17, 15) is 0 Å². The predicted molar refractivity (Wildman–Crippen MR) is 18.9 cm³/mol. The minimum atomic E-state index is -2.00. The number of hydrogen-bond donors (Lipinski definition) is 0. The average Bonchev–Trinajstić information content (AvgIpc) is 1.46. The topological polar surface area (TPSA) is 34.1 Å². The molecule has 0 unspecified atom stereocenters. The van der Waals surface area contributed by atoms with Crippen molar-refractivity contribution in [2.75, 3.05) is 0 Å². The zero-order chi connectivity index (χ0) is 4.71. The molecule has 6 heteroatoms. The van der Waals surface area contributed by atoms with Crippen LogP contribution >= 0.6 is 10.1 Å². The zero-order valence-electron chi connectivity index (χ0n) is 2.43. The Balaban J connectivity index is -0.0000000275. The molecule has 0 aromatic heterocycles. The molecule has 6 heavy (non-hydrogen) atoms. The van der Waals surface area contributed by atoms with E-state index in [1.54, 1.807) is 0 Å². The average molecular weight is 295 g/mol. The van der Waals surface area contributed by atoms with Gasteiger partial charge in [0.25, 0.3) is 0 Å². The predicted octanol–water partition coefficient (Wildman–Crippen LogP) is -0.778. The summed E-state index contributed by atoms with van der Waals surface area (Å²) in [6.45, 7) is 0. The molecule has 0 atom stereocenters. The Morgan fingerprint density at radius 3 is 1.33 bits per heavy atom. The Morgan fingerprint density at radius 1 is 1.33 bits per heavy atom. The third-order valence-electron chi connectivity index (χ3n) is 0. The van der Waals surface area contributed by atoms with Crippen molar-refractivity contribution in [3.8, 4) is 0 Å². The van der Waals surface area contributed by atoms with Gasteiger partial charge in [-0.25, -0.2) is 0 Å². The molecule has 0 spiro atoms. The molecule has 0 amide bonds. The van der Waals surface area contributed by atoms with Gasteiger partial charge in [0.1, 0.15) is 0 Å². The molecule has 0 N–H and O–H groups in total. The van der Waals surface area contributed by atoms with Crippen molar-refractivity contribution in [1.82, 2.24) is 0 Å². The van der Waals surface area contributed by atoms with Gasteiger partial charge in [-0.1, -0.05) is 0 Å². The van der Waals surface area contributed by atoms with Crippen LogP contribution in [0.1, 0.15) is 0 Å². The number of rotatable bonds is 0. The van der Waals surface area contributed by atoms with Crippen molar-refractivity contribution in [3.05, 3.63) is 0 Å². The van der Waals surface area contributed by atoms with E-state index in [0.717, 1.165) is 16.6 Å². The fraction of sp³-hybridized carbons (Fsp3) is 0. The molecule has 0 heterocycles. The first kappa shape index (κ1) is 15.7. The summed E-state index contributed by atoms with van der Waals surface area (Å²) in [7, 11) is 4.21. The van der Waals surface area contributed by atoms with E-state index in [1.165, 1.54) is 0 Å². The van der Waals surface area contributed by atoms with Gasteiger partial charge in [-0.3, -0.25) is 0 Å². The van der Waals surface area contributed by atoms with Gasteiger partial charge in [-0.05, 0) is 0 Å². The van der Waals surface area contributed by atoms with Gasteiger partial charge >= 0.3 is 78.3 Å². The molecule has 0 aliphatic heterocycles. The summed E-state index contributed by atoms with van der Waals surface area (Å²) in [5.74, 6) is 0. The third-order valence-corrected chi connectivity index (χ3v) is 0. The summed E-state index contributed by atoms with van der Waals surface area (Å²) in [6, 6.07) is 0. The monoisotopic (exact) mass is 294 g/mol. The fourth-order valence-electron chi connectivity index (χ4n) is 0. The first-order valence-corrected chi connectivity index (χ1v) is 6.18. The van der Waals surface area contributed by atoms with Crippen LogP contribution in [0.3, 0.4) is 0 Å². The summed E-state index contributed by atoms with van der Waals surface area (Å²) >= 11 is -1.04. The van der Waals surface area contributed by atoms with Crippen molar-refractivity contribution >= 4 is 36.0 Å². The van der Waals surface area contributed by atoms with Crippen LogP contribution < -0.4 is 0 Å². The van der Waals surface area contributed by atoms with Gasteiger partial charge in [-0.15, -0.1) is 0 Å². The van der Waals surface area contributed by atoms with Gasteiger partial charge in [0.05, 0.1) is 0 Å². The van der Waals surface area contributed by atoms with Gasteiger partial charge in [0.2, 0.25) is 0 Å². The zero-order valence-corrected chi connectivity index (χ0v) is 7.78. The molecule has 0 fully saturated rings. The molecule has 30 valence electrons. The second kappa shape index (κ2) is 27.9. The molecule has 0 aliphatic rings. The van der Waals surface area contributed by atoms with E-state index in [0.29, 0.717) is 0 Å². The van der Waals surface area contributed by atoms with E-state index in [-0.39, 0.29) is 25.8 Å². The Kier molecular flexibility index (Phi) is 72.8. The van der Waals surface area contributed by atoms with Crippen LogP contribution in [0.5, 0.6) is 0 Å². The molecule has 0 saturated carbocycles. The fourth-order valence-corrected chi connectivity index (χ4v) is 0. The van der Waals surface area contributed by atoms with E-state index in [2.05, 4.69) is 10.1 Å². The molecule has 0 rings (SSSR count). The van der Waals surface area contributed by atoms with Crippen LogP contribution in [0, 0.1) is 0 Å². The first-order valence-electron chi connectivity index (χ1n) is 0.697. The van der Waals surface area contributed by atoms with E-state index in [4.69, 9.17) is 6.65 Å². The third kappa shape index (κ3) is 37.1. The number of hydrogen-bond acceptors (Lipinski definition) is 3. The Labute approximate surface area is 77.1 Å². The van der Waals surface area contributed by atoms with Crippen LogP contribution in [-0.4, -0.2) is 25.8 Å². The van der Waals surface area contributed by atoms with Gasteiger partial charge in [0, 0.05) is 0 Å². The first-order chi connectivity index (χ1) is 2.41. The van der Waals surface area contributed by atoms with Crippen LogP contribution in [-0.2, 0) is 42.3 Å².